The molecule has 134 valence electrons. The maximum absolute atomic E-state index is 9.49. The summed E-state index contributed by atoms with van der Waals surface area (Å²) in [4.78, 5) is 8.94. The lowest BCUT2D eigenvalue weighted by Crippen LogP contribution is -2.13. The van der Waals surface area contributed by atoms with Crippen molar-refractivity contribution in [1.29, 1.82) is 5.26 Å². The zero-order valence-corrected chi connectivity index (χ0v) is 15.1. The molecule has 8 nitrogen and oxygen atoms in total. The summed E-state index contributed by atoms with van der Waals surface area (Å²) < 4.78 is 6.65. The van der Waals surface area contributed by atoms with Crippen LogP contribution in [0.4, 0.5) is 11.6 Å². The van der Waals surface area contributed by atoms with Gasteiger partial charge in [0.15, 0.2) is 5.65 Å². The molecule has 0 bridgehead atoms. The average Bonchev–Trinajstić information content (AvgIpc) is 2.98. The van der Waals surface area contributed by atoms with Gasteiger partial charge in [-0.15, -0.1) is 0 Å². The summed E-state index contributed by atoms with van der Waals surface area (Å²) in [5, 5.41) is 17.1. The van der Waals surface area contributed by atoms with E-state index in [-0.39, 0.29) is 0 Å². The zero-order valence-electron chi connectivity index (χ0n) is 15.1. The van der Waals surface area contributed by atoms with Gasteiger partial charge < -0.3 is 15.8 Å². The number of aromatic nitrogens is 4. The fourth-order valence-electron chi connectivity index (χ4n) is 2.86. The maximum Gasteiger partial charge on any atom is 0.163 e. The number of methoxy groups -OCH3 is 1. The monoisotopic (exact) mass is 351 g/mol. The summed E-state index contributed by atoms with van der Waals surface area (Å²) in [7, 11) is 1.61. The van der Waals surface area contributed by atoms with Gasteiger partial charge in [0, 0.05) is 24.2 Å². The van der Waals surface area contributed by atoms with Gasteiger partial charge in [0.25, 0.3) is 0 Å². The number of fused-ring (bicyclic) bond motifs is 1. The van der Waals surface area contributed by atoms with Crippen molar-refractivity contribution in [3.05, 3.63) is 40.8 Å². The Morgan fingerprint density at radius 2 is 2.19 bits per heavy atom. The van der Waals surface area contributed by atoms with Crippen LogP contribution in [-0.4, -0.2) is 33.2 Å². The molecule has 0 saturated heterocycles. The van der Waals surface area contributed by atoms with Crippen LogP contribution in [0.3, 0.4) is 0 Å². The molecule has 0 spiro atoms. The van der Waals surface area contributed by atoms with Crippen molar-refractivity contribution in [2.45, 2.75) is 26.7 Å². The predicted octanol–water partition coefficient (Wildman–Crippen LogP) is 2.11. The fraction of sp³-hybridized carbons (Fsp3) is 0.333. The quantitative estimate of drug-likeness (QED) is 0.699. The van der Waals surface area contributed by atoms with Gasteiger partial charge in [-0.05, 0) is 25.5 Å². The Hall–Kier alpha value is -3.34. The Morgan fingerprint density at radius 1 is 1.38 bits per heavy atom. The molecular weight excluding hydrogens is 330 g/mol. The Bertz CT molecular complexity index is 970. The molecule has 0 fully saturated rings. The SMILES string of the molecule is CCc1c(C)nn2c(N)c(C#N)c(NCCc3ccc(OC)cn3)nc12. The number of hydrogen-bond donors (Lipinski definition) is 2. The molecule has 0 aliphatic heterocycles. The third-order valence-electron chi connectivity index (χ3n) is 4.27. The number of rotatable bonds is 6. The molecule has 0 amide bonds. The van der Waals surface area contributed by atoms with E-state index >= 15 is 0 Å². The van der Waals surface area contributed by atoms with E-state index in [0.29, 0.717) is 35.8 Å². The van der Waals surface area contributed by atoms with Crippen LogP contribution in [0, 0.1) is 18.3 Å². The van der Waals surface area contributed by atoms with E-state index in [4.69, 9.17) is 10.5 Å². The highest BCUT2D eigenvalue weighted by Gasteiger charge is 2.18. The molecule has 0 aliphatic rings. The van der Waals surface area contributed by atoms with E-state index in [1.807, 2.05) is 26.0 Å². The number of anilines is 2. The number of hydrogen-bond acceptors (Lipinski definition) is 7. The fourth-order valence-corrected chi connectivity index (χ4v) is 2.86. The second kappa shape index (κ2) is 7.27. The Balaban J connectivity index is 1.85. The normalized spacial score (nSPS) is 10.7. The lowest BCUT2D eigenvalue weighted by molar-refractivity contribution is 0.412. The van der Waals surface area contributed by atoms with E-state index in [2.05, 4.69) is 26.5 Å². The molecular formula is C18H21N7O. The molecule has 0 aromatic carbocycles. The minimum absolute atomic E-state index is 0.297. The van der Waals surface area contributed by atoms with E-state index in [1.165, 1.54) is 0 Å². The molecule has 0 unspecified atom stereocenters. The summed E-state index contributed by atoms with van der Waals surface area (Å²) in [6.45, 7) is 4.54. The molecule has 3 aromatic heterocycles. The third kappa shape index (κ3) is 3.11. The smallest absolute Gasteiger partial charge is 0.163 e. The van der Waals surface area contributed by atoms with Crippen LogP contribution in [-0.2, 0) is 12.8 Å². The number of nitriles is 1. The van der Waals surface area contributed by atoms with E-state index in [9.17, 15) is 5.26 Å². The first-order valence-corrected chi connectivity index (χ1v) is 8.39. The summed E-state index contributed by atoms with van der Waals surface area (Å²) in [6, 6.07) is 5.90. The van der Waals surface area contributed by atoms with Gasteiger partial charge in [0.2, 0.25) is 0 Å². The van der Waals surface area contributed by atoms with Gasteiger partial charge >= 0.3 is 0 Å². The first-order chi connectivity index (χ1) is 12.6. The van der Waals surface area contributed by atoms with Crippen molar-refractivity contribution in [2.75, 3.05) is 24.7 Å². The minimum atomic E-state index is 0.297. The maximum atomic E-state index is 9.49. The van der Waals surface area contributed by atoms with Gasteiger partial charge in [0.05, 0.1) is 19.0 Å². The second-order valence-corrected chi connectivity index (χ2v) is 5.85. The van der Waals surface area contributed by atoms with Crippen LogP contribution in [0.1, 0.15) is 29.4 Å². The Labute approximate surface area is 151 Å². The topological polar surface area (TPSA) is 114 Å². The van der Waals surface area contributed by atoms with Crippen molar-refractivity contribution >= 4 is 17.3 Å². The standard InChI is InChI=1S/C18H21N7O/c1-4-14-11(2)24-25-16(20)15(9-19)17(23-18(14)25)21-8-7-12-5-6-13(26-3)10-22-12/h5-6,10H,4,7-8,20H2,1-3H3,(H,21,23). The molecule has 3 heterocycles. The Kier molecular flexibility index (Phi) is 4.89. The summed E-state index contributed by atoms with van der Waals surface area (Å²) in [6.07, 6.45) is 3.16. The van der Waals surface area contributed by atoms with E-state index in [0.717, 1.165) is 29.1 Å². The minimum Gasteiger partial charge on any atom is -0.495 e. The highest BCUT2D eigenvalue weighted by Crippen LogP contribution is 2.24. The van der Waals surface area contributed by atoms with Crippen molar-refractivity contribution in [2.24, 2.45) is 0 Å². The van der Waals surface area contributed by atoms with Gasteiger partial charge in [-0.3, -0.25) is 4.98 Å². The molecule has 0 radical (unpaired) electrons. The number of pyridine rings is 1. The third-order valence-corrected chi connectivity index (χ3v) is 4.27. The van der Waals surface area contributed by atoms with Gasteiger partial charge in [-0.1, -0.05) is 6.92 Å². The van der Waals surface area contributed by atoms with Crippen LogP contribution in [0.15, 0.2) is 18.3 Å². The molecule has 0 atom stereocenters. The molecule has 26 heavy (non-hydrogen) atoms. The lowest BCUT2D eigenvalue weighted by atomic mass is 10.2. The number of nitrogens with one attached hydrogen (secondary N) is 1. The van der Waals surface area contributed by atoms with Crippen molar-refractivity contribution < 1.29 is 4.74 Å². The second-order valence-electron chi connectivity index (χ2n) is 5.85. The molecule has 8 heteroatoms. The van der Waals surface area contributed by atoms with Crippen LogP contribution < -0.4 is 15.8 Å². The zero-order chi connectivity index (χ0) is 18.7. The number of aryl methyl sites for hydroxylation is 2. The van der Waals surface area contributed by atoms with Crippen LogP contribution in [0.5, 0.6) is 5.75 Å². The predicted molar refractivity (Wildman–Crippen MR) is 99.2 cm³/mol. The van der Waals surface area contributed by atoms with Crippen molar-refractivity contribution in [1.82, 2.24) is 19.6 Å². The highest BCUT2D eigenvalue weighted by atomic mass is 16.5. The number of nitrogens with zero attached hydrogens (tertiary/aromatic N) is 5. The summed E-state index contributed by atoms with van der Waals surface area (Å²) >= 11 is 0. The molecule has 0 saturated carbocycles. The lowest BCUT2D eigenvalue weighted by Gasteiger charge is -2.10. The number of ether oxygens (including phenoxy) is 1. The first-order valence-electron chi connectivity index (χ1n) is 8.39. The average molecular weight is 351 g/mol. The van der Waals surface area contributed by atoms with Gasteiger partial charge in [-0.2, -0.15) is 14.9 Å². The highest BCUT2D eigenvalue weighted by molar-refractivity contribution is 5.69. The first kappa shape index (κ1) is 17.5. The molecule has 3 N–H and O–H groups in total. The molecule has 3 aromatic rings. The van der Waals surface area contributed by atoms with Crippen LogP contribution in [0.2, 0.25) is 0 Å². The van der Waals surface area contributed by atoms with E-state index < -0.39 is 0 Å². The van der Waals surface area contributed by atoms with Crippen molar-refractivity contribution in [3.63, 3.8) is 0 Å². The van der Waals surface area contributed by atoms with Gasteiger partial charge in [-0.25, -0.2) is 4.98 Å². The number of nitrogen functional groups attached to an aromatic ring is 1. The summed E-state index contributed by atoms with van der Waals surface area (Å²) in [5.74, 6) is 1.49. The number of nitrogens with two attached hydrogens (primary N) is 1. The van der Waals surface area contributed by atoms with Crippen LogP contribution >= 0.6 is 0 Å². The summed E-state index contributed by atoms with van der Waals surface area (Å²) in [5.41, 5.74) is 9.95. The Morgan fingerprint density at radius 3 is 2.81 bits per heavy atom. The van der Waals surface area contributed by atoms with Crippen molar-refractivity contribution in [3.8, 4) is 11.8 Å². The van der Waals surface area contributed by atoms with Crippen LogP contribution in [0.25, 0.3) is 5.65 Å². The van der Waals surface area contributed by atoms with E-state index in [1.54, 1.807) is 17.8 Å². The largest absolute Gasteiger partial charge is 0.495 e. The van der Waals surface area contributed by atoms with Gasteiger partial charge in [0.1, 0.15) is 29.0 Å². The molecule has 3 rings (SSSR count). The molecule has 0 aliphatic carbocycles.